The van der Waals surface area contributed by atoms with Gasteiger partial charge in [0.15, 0.2) is 0 Å². The lowest BCUT2D eigenvalue weighted by Crippen LogP contribution is -2.15. The Morgan fingerprint density at radius 3 is 1.69 bits per heavy atom. The average Bonchev–Trinajstić information content (AvgIpc) is 2.62. The Hall–Kier alpha value is -1.94. The van der Waals surface area contributed by atoms with Crippen LogP contribution in [0.1, 0.15) is 11.1 Å². The summed E-state index contributed by atoms with van der Waals surface area (Å²) < 4.78 is 80.7. The molecule has 3 rings (SSSR count). The number of hydrogen-bond donors (Lipinski definition) is 0. The first-order valence-corrected chi connectivity index (χ1v) is 9.51. The summed E-state index contributed by atoms with van der Waals surface area (Å²) >= 11 is 7.90. The Kier molecular flexibility index (Phi) is 6.05. The third-order valence-electron chi connectivity index (χ3n) is 3.98. The summed E-state index contributed by atoms with van der Waals surface area (Å²) in [5.74, 6) is 0. The molecule has 3 aromatic carbocycles. The molecule has 0 aromatic heterocycles. The molecule has 29 heavy (non-hydrogen) atoms. The molecule has 0 fully saturated rings. The summed E-state index contributed by atoms with van der Waals surface area (Å²) in [6, 6.07) is 14.3. The number of benzene rings is 3. The Bertz CT molecular complexity index is 982. The van der Waals surface area contributed by atoms with E-state index in [4.69, 9.17) is 11.6 Å². The van der Waals surface area contributed by atoms with Crippen molar-refractivity contribution in [1.29, 1.82) is 0 Å². The maximum atomic E-state index is 13.3. The van der Waals surface area contributed by atoms with Crippen LogP contribution in [-0.4, -0.2) is 0 Å². The maximum absolute atomic E-state index is 13.3. The lowest BCUT2D eigenvalue weighted by molar-refractivity contribution is -0.143. The molecule has 152 valence electrons. The average molecular weight is 542 g/mol. The molecule has 0 aliphatic heterocycles. The zero-order valence-corrected chi connectivity index (χ0v) is 17.2. The molecule has 3 aromatic rings. The van der Waals surface area contributed by atoms with Gasteiger partial charge < -0.3 is 4.90 Å². The molecule has 0 radical (unpaired) electrons. The molecule has 0 saturated carbocycles. The summed E-state index contributed by atoms with van der Waals surface area (Å²) in [7, 11) is 0. The number of halogens is 8. The van der Waals surface area contributed by atoms with Crippen molar-refractivity contribution in [3.05, 3.63) is 86.4 Å². The van der Waals surface area contributed by atoms with Crippen LogP contribution in [-0.2, 0) is 12.4 Å². The molecule has 0 aliphatic rings. The zero-order chi connectivity index (χ0) is 21.4. The first-order valence-electron chi connectivity index (χ1n) is 8.06. The fourth-order valence-electron chi connectivity index (χ4n) is 2.72. The van der Waals surface area contributed by atoms with Gasteiger partial charge >= 0.3 is 12.4 Å². The monoisotopic (exact) mass is 541 g/mol. The zero-order valence-electron chi connectivity index (χ0n) is 14.3. The number of hydrogen-bond acceptors (Lipinski definition) is 1. The molecule has 0 spiro atoms. The Balaban J connectivity index is 2.28. The van der Waals surface area contributed by atoms with Gasteiger partial charge in [-0.05, 0) is 83.3 Å². The van der Waals surface area contributed by atoms with E-state index in [1.54, 1.807) is 24.3 Å². The van der Waals surface area contributed by atoms with Gasteiger partial charge in [0.05, 0.1) is 11.1 Å². The summed E-state index contributed by atoms with van der Waals surface area (Å²) in [6.07, 6.45) is -9.88. The second-order valence-corrected chi connectivity index (χ2v) is 7.74. The van der Waals surface area contributed by atoms with Crippen LogP contribution in [0.5, 0.6) is 0 Å². The third-order valence-corrected chi connectivity index (χ3v) is 4.90. The fourth-order valence-corrected chi connectivity index (χ4v) is 3.37. The van der Waals surface area contributed by atoms with Crippen LogP contribution in [0.3, 0.4) is 0 Å². The summed E-state index contributed by atoms with van der Waals surface area (Å²) in [6.45, 7) is 0. The van der Waals surface area contributed by atoms with Crippen molar-refractivity contribution in [3.63, 3.8) is 0 Å². The molecule has 0 atom stereocenters. The third kappa shape index (κ3) is 5.16. The molecule has 0 amide bonds. The predicted octanol–water partition coefficient (Wildman–Crippen LogP) is 8.45. The van der Waals surface area contributed by atoms with Crippen LogP contribution < -0.4 is 4.90 Å². The molecule has 0 aliphatic carbocycles. The minimum Gasteiger partial charge on any atom is -0.310 e. The van der Waals surface area contributed by atoms with Gasteiger partial charge in [-0.15, -0.1) is 0 Å². The summed E-state index contributed by atoms with van der Waals surface area (Å²) in [5, 5.41) is 0.386. The highest BCUT2D eigenvalue weighted by atomic mass is 127. The lowest BCUT2D eigenvalue weighted by atomic mass is 10.1. The highest BCUT2D eigenvalue weighted by Gasteiger charge is 2.37. The highest BCUT2D eigenvalue weighted by Crippen LogP contribution is 2.42. The molecular weight excluding hydrogens is 531 g/mol. The van der Waals surface area contributed by atoms with Gasteiger partial charge in [0.25, 0.3) is 0 Å². The van der Waals surface area contributed by atoms with E-state index in [9.17, 15) is 26.3 Å². The summed E-state index contributed by atoms with van der Waals surface area (Å²) in [5.41, 5.74) is -2.26. The van der Waals surface area contributed by atoms with E-state index in [0.29, 0.717) is 28.5 Å². The minimum absolute atomic E-state index is 0.109. The van der Waals surface area contributed by atoms with Crippen LogP contribution in [0, 0.1) is 3.57 Å². The van der Waals surface area contributed by atoms with Gasteiger partial charge in [-0.1, -0.05) is 17.7 Å². The molecular formula is C20H11ClF6IN. The molecule has 0 unspecified atom stereocenters. The van der Waals surface area contributed by atoms with Crippen LogP contribution in [0.2, 0.25) is 5.02 Å². The van der Waals surface area contributed by atoms with E-state index in [0.717, 1.165) is 3.57 Å². The normalized spacial score (nSPS) is 12.1. The second kappa shape index (κ2) is 8.06. The maximum Gasteiger partial charge on any atom is 0.416 e. The molecule has 0 N–H and O–H groups in total. The van der Waals surface area contributed by atoms with Gasteiger partial charge in [0.1, 0.15) is 0 Å². The molecule has 0 saturated heterocycles. The Morgan fingerprint density at radius 2 is 1.21 bits per heavy atom. The number of nitrogens with zero attached hydrogens (tertiary/aromatic N) is 1. The molecule has 1 nitrogen and oxygen atoms in total. The van der Waals surface area contributed by atoms with Crippen LogP contribution in [0.4, 0.5) is 43.4 Å². The van der Waals surface area contributed by atoms with Crippen molar-refractivity contribution in [2.75, 3.05) is 4.90 Å². The van der Waals surface area contributed by atoms with Gasteiger partial charge in [0.2, 0.25) is 0 Å². The quantitative estimate of drug-likeness (QED) is 0.238. The molecule has 0 heterocycles. The van der Waals surface area contributed by atoms with Gasteiger partial charge in [-0.25, -0.2) is 0 Å². The topological polar surface area (TPSA) is 3.24 Å². The number of anilines is 3. The van der Waals surface area contributed by atoms with Crippen LogP contribution in [0.15, 0.2) is 66.7 Å². The van der Waals surface area contributed by atoms with Crippen molar-refractivity contribution in [2.45, 2.75) is 12.4 Å². The van der Waals surface area contributed by atoms with E-state index in [2.05, 4.69) is 0 Å². The van der Waals surface area contributed by atoms with Crippen molar-refractivity contribution in [1.82, 2.24) is 0 Å². The first kappa shape index (κ1) is 21.8. The minimum atomic E-state index is -4.94. The SMILES string of the molecule is FC(F)(F)c1cc(N(c2ccc(Cl)cc2)c2cccc(I)c2)cc(C(F)(F)F)c1. The largest absolute Gasteiger partial charge is 0.416 e. The van der Waals surface area contributed by atoms with Crippen molar-refractivity contribution in [3.8, 4) is 0 Å². The Morgan fingerprint density at radius 1 is 0.655 bits per heavy atom. The number of alkyl halides is 6. The van der Waals surface area contributed by atoms with E-state index < -0.39 is 23.5 Å². The smallest absolute Gasteiger partial charge is 0.310 e. The van der Waals surface area contributed by atoms with Gasteiger partial charge in [-0.2, -0.15) is 26.3 Å². The number of rotatable bonds is 3. The predicted molar refractivity (Wildman–Crippen MR) is 109 cm³/mol. The van der Waals surface area contributed by atoms with E-state index in [1.165, 1.54) is 29.2 Å². The molecule has 9 heteroatoms. The van der Waals surface area contributed by atoms with Crippen LogP contribution >= 0.6 is 34.2 Å². The highest BCUT2D eigenvalue weighted by molar-refractivity contribution is 14.1. The Labute approximate surface area is 181 Å². The van der Waals surface area contributed by atoms with E-state index >= 15 is 0 Å². The van der Waals surface area contributed by atoms with Crippen molar-refractivity contribution in [2.24, 2.45) is 0 Å². The fraction of sp³-hybridized carbons (Fsp3) is 0.100. The van der Waals surface area contributed by atoms with Gasteiger partial charge in [0, 0.05) is 25.7 Å². The van der Waals surface area contributed by atoms with Gasteiger partial charge in [-0.3, -0.25) is 0 Å². The molecule has 0 bridgehead atoms. The van der Waals surface area contributed by atoms with E-state index in [-0.39, 0.29) is 11.8 Å². The van der Waals surface area contributed by atoms with Crippen LogP contribution in [0.25, 0.3) is 0 Å². The van der Waals surface area contributed by atoms with Crippen molar-refractivity contribution >= 4 is 51.3 Å². The van der Waals surface area contributed by atoms with E-state index in [1.807, 2.05) is 22.6 Å². The summed E-state index contributed by atoms with van der Waals surface area (Å²) in [4.78, 5) is 1.32. The standard InChI is InChI=1S/C20H11ClF6IN/c21-14-4-6-16(7-5-14)29(17-3-1-2-15(28)11-17)18-9-12(19(22,23)24)8-13(10-18)20(25,26)27/h1-11H. The first-order chi connectivity index (χ1) is 13.4. The van der Waals surface area contributed by atoms with Crippen molar-refractivity contribution < 1.29 is 26.3 Å². The second-order valence-electron chi connectivity index (χ2n) is 6.06. The lowest BCUT2D eigenvalue weighted by Gasteiger charge is -2.27.